The van der Waals surface area contributed by atoms with Crippen LogP contribution in [0.1, 0.15) is 34.9 Å². The maximum Gasteiger partial charge on any atom is 0.310 e. The van der Waals surface area contributed by atoms with Crippen LogP contribution in [0.2, 0.25) is 0 Å². The van der Waals surface area contributed by atoms with E-state index in [1.807, 2.05) is 72.8 Å². The van der Waals surface area contributed by atoms with E-state index < -0.39 is 0 Å². The zero-order valence-electron chi connectivity index (χ0n) is 22.6. The zero-order valence-corrected chi connectivity index (χ0v) is 22.6. The molecule has 1 aromatic heterocycles. The van der Waals surface area contributed by atoms with Gasteiger partial charge in [0.2, 0.25) is 0 Å². The fourth-order valence-corrected chi connectivity index (χ4v) is 4.67. The van der Waals surface area contributed by atoms with E-state index in [0.717, 1.165) is 50.1 Å². The lowest BCUT2D eigenvalue weighted by Crippen LogP contribution is -2.09. The number of rotatable bonds is 12. The van der Waals surface area contributed by atoms with Gasteiger partial charge in [0.25, 0.3) is 0 Å². The predicted octanol–water partition coefficient (Wildman–Crippen LogP) is 6.96. The Balaban J connectivity index is 1.42. The highest BCUT2D eigenvalue weighted by atomic mass is 16.5. The van der Waals surface area contributed by atoms with Crippen LogP contribution in [0.3, 0.4) is 0 Å². The number of benzene rings is 4. The summed E-state index contributed by atoms with van der Waals surface area (Å²) in [6.45, 7) is 3.79. The number of para-hydroxylation sites is 1. The quantitative estimate of drug-likeness (QED) is 0.174. The lowest BCUT2D eigenvalue weighted by atomic mass is 9.99. The van der Waals surface area contributed by atoms with Crippen molar-refractivity contribution in [3.05, 3.63) is 125 Å². The molecule has 0 saturated heterocycles. The molecule has 0 saturated carbocycles. The minimum Gasteiger partial charge on any atom is -0.489 e. The SMILES string of the molecule is CCOC(=O)Cc1ccccc1OCc1cc(-c2cccc(CN)c2)c2oc(COCc3ccccc3)cc2c1. The smallest absolute Gasteiger partial charge is 0.310 e. The van der Waals surface area contributed by atoms with E-state index in [1.54, 1.807) is 6.92 Å². The highest BCUT2D eigenvalue weighted by Gasteiger charge is 2.15. The maximum atomic E-state index is 12.1. The second kappa shape index (κ2) is 13.1. The van der Waals surface area contributed by atoms with E-state index in [-0.39, 0.29) is 12.4 Å². The molecule has 6 nitrogen and oxygen atoms in total. The van der Waals surface area contributed by atoms with Crippen molar-refractivity contribution in [2.75, 3.05) is 6.61 Å². The first kappa shape index (κ1) is 27.2. The molecular formula is C34H33NO5. The summed E-state index contributed by atoms with van der Waals surface area (Å²) in [5, 5.41) is 0.965. The minimum absolute atomic E-state index is 0.161. The summed E-state index contributed by atoms with van der Waals surface area (Å²) >= 11 is 0. The van der Waals surface area contributed by atoms with Gasteiger partial charge in [0.15, 0.2) is 0 Å². The molecular weight excluding hydrogens is 502 g/mol. The fourth-order valence-electron chi connectivity index (χ4n) is 4.67. The van der Waals surface area contributed by atoms with Crippen molar-refractivity contribution in [3.63, 3.8) is 0 Å². The monoisotopic (exact) mass is 535 g/mol. The number of hydrogen-bond donors (Lipinski definition) is 1. The minimum atomic E-state index is -0.276. The summed E-state index contributed by atoms with van der Waals surface area (Å²) in [4.78, 5) is 12.1. The Morgan fingerprint density at radius 2 is 1.60 bits per heavy atom. The van der Waals surface area contributed by atoms with E-state index in [9.17, 15) is 4.79 Å². The summed E-state index contributed by atoms with van der Waals surface area (Å²) < 4.78 is 23.6. The molecule has 0 atom stereocenters. The van der Waals surface area contributed by atoms with Crippen LogP contribution in [0.25, 0.3) is 22.1 Å². The van der Waals surface area contributed by atoms with Gasteiger partial charge in [0.1, 0.15) is 30.3 Å². The van der Waals surface area contributed by atoms with Crippen molar-refractivity contribution in [2.24, 2.45) is 5.73 Å². The summed E-state index contributed by atoms with van der Waals surface area (Å²) in [6, 6.07) is 32.0. The first-order chi connectivity index (χ1) is 19.6. The number of carbonyl (C=O) groups is 1. The van der Waals surface area contributed by atoms with Gasteiger partial charge in [-0.1, -0.05) is 66.7 Å². The molecule has 0 aliphatic rings. The van der Waals surface area contributed by atoms with Crippen molar-refractivity contribution in [1.29, 1.82) is 0 Å². The van der Waals surface area contributed by atoms with E-state index in [1.165, 1.54) is 0 Å². The third-order valence-electron chi connectivity index (χ3n) is 6.56. The number of furan rings is 1. The molecule has 5 aromatic rings. The highest BCUT2D eigenvalue weighted by Crippen LogP contribution is 2.34. The van der Waals surface area contributed by atoms with Gasteiger partial charge in [-0.2, -0.15) is 0 Å². The molecule has 0 radical (unpaired) electrons. The molecule has 5 rings (SSSR count). The Bertz CT molecular complexity index is 1570. The van der Waals surface area contributed by atoms with E-state index >= 15 is 0 Å². The standard InChI is InChI=1S/C34H33NO5/c1-2-38-33(36)19-28-12-6-7-14-32(28)39-22-26-16-29-18-30(23-37-21-24-9-4-3-5-10-24)40-34(29)31(17-26)27-13-8-11-25(15-27)20-35/h3-18H,2,19-23,35H2,1H3. The number of nitrogens with two attached hydrogens (primary N) is 1. The van der Waals surface area contributed by atoms with Crippen molar-refractivity contribution in [3.8, 4) is 16.9 Å². The van der Waals surface area contributed by atoms with Crippen LogP contribution >= 0.6 is 0 Å². The molecule has 0 unspecified atom stereocenters. The van der Waals surface area contributed by atoms with Gasteiger partial charge in [-0.05, 0) is 59.5 Å². The van der Waals surface area contributed by atoms with Crippen molar-refractivity contribution < 1.29 is 23.4 Å². The van der Waals surface area contributed by atoms with E-state index in [0.29, 0.717) is 38.7 Å². The fraction of sp³-hybridized carbons (Fsp3) is 0.206. The molecule has 0 fully saturated rings. The Morgan fingerprint density at radius 3 is 2.42 bits per heavy atom. The summed E-state index contributed by atoms with van der Waals surface area (Å²) in [5.74, 6) is 1.13. The topological polar surface area (TPSA) is 83.9 Å². The summed E-state index contributed by atoms with van der Waals surface area (Å²) in [5.41, 5.74) is 12.6. The van der Waals surface area contributed by atoms with Crippen LogP contribution in [0.15, 0.2) is 101 Å². The zero-order chi connectivity index (χ0) is 27.7. The van der Waals surface area contributed by atoms with Crippen LogP contribution < -0.4 is 10.5 Å². The molecule has 40 heavy (non-hydrogen) atoms. The van der Waals surface area contributed by atoms with Crippen molar-refractivity contribution in [1.82, 2.24) is 0 Å². The Morgan fingerprint density at radius 1 is 0.800 bits per heavy atom. The Labute approximate surface area is 234 Å². The van der Waals surface area contributed by atoms with Crippen LogP contribution in [0.5, 0.6) is 5.75 Å². The third kappa shape index (κ3) is 6.78. The number of hydrogen-bond acceptors (Lipinski definition) is 6. The second-order valence-corrected chi connectivity index (χ2v) is 9.54. The lowest BCUT2D eigenvalue weighted by molar-refractivity contribution is -0.142. The molecule has 0 bridgehead atoms. The first-order valence-corrected chi connectivity index (χ1v) is 13.5. The van der Waals surface area contributed by atoms with Gasteiger partial charge in [-0.3, -0.25) is 4.79 Å². The number of fused-ring (bicyclic) bond motifs is 1. The average molecular weight is 536 g/mol. The highest BCUT2D eigenvalue weighted by molar-refractivity contribution is 5.93. The number of carbonyl (C=O) groups excluding carboxylic acids is 1. The third-order valence-corrected chi connectivity index (χ3v) is 6.56. The van der Waals surface area contributed by atoms with Crippen LogP contribution in [0.4, 0.5) is 0 Å². The van der Waals surface area contributed by atoms with Gasteiger partial charge in [-0.25, -0.2) is 0 Å². The molecule has 204 valence electrons. The van der Waals surface area contributed by atoms with Gasteiger partial charge in [-0.15, -0.1) is 0 Å². The van der Waals surface area contributed by atoms with Crippen LogP contribution in [0, 0.1) is 0 Å². The maximum absolute atomic E-state index is 12.1. The average Bonchev–Trinajstić information content (AvgIpc) is 3.40. The summed E-state index contributed by atoms with van der Waals surface area (Å²) in [7, 11) is 0. The predicted molar refractivity (Wildman–Crippen MR) is 156 cm³/mol. The second-order valence-electron chi connectivity index (χ2n) is 9.54. The summed E-state index contributed by atoms with van der Waals surface area (Å²) in [6.07, 6.45) is 0.161. The first-order valence-electron chi connectivity index (χ1n) is 13.5. The molecule has 1 heterocycles. The van der Waals surface area contributed by atoms with Gasteiger partial charge in [0, 0.05) is 23.1 Å². The molecule has 0 aliphatic carbocycles. The Kier molecular flexibility index (Phi) is 8.91. The van der Waals surface area contributed by atoms with E-state index in [4.69, 9.17) is 24.4 Å². The van der Waals surface area contributed by atoms with Gasteiger partial charge in [0.05, 0.1) is 19.6 Å². The van der Waals surface area contributed by atoms with E-state index in [2.05, 4.69) is 24.3 Å². The largest absolute Gasteiger partial charge is 0.489 e. The molecule has 0 amide bonds. The van der Waals surface area contributed by atoms with Crippen LogP contribution in [-0.4, -0.2) is 12.6 Å². The molecule has 6 heteroatoms. The van der Waals surface area contributed by atoms with Gasteiger partial charge < -0.3 is 24.4 Å². The number of esters is 1. The van der Waals surface area contributed by atoms with Gasteiger partial charge >= 0.3 is 5.97 Å². The molecule has 0 aliphatic heterocycles. The lowest BCUT2D eigenvalue weighted by Gasteiger charge is -2.13. The molecule has 2 N–H and O–H groups in total. The normalized spacial score (nSPS) is 11.1. The van der Waals surface area contributed by atoms with Crippen molar-refractivity contribution in [2.45, 2.75) is 39.7 Å². The molecule has 0 spiro atoms. The van der Waals surface area contributed by atoms with Crippen LogP contribution in [-0.2, 0) is 47.1 Å². The molecule has 4 aromatic carbocycles. The Hall–Kier alpha value is -4.39. The van der Waals surface area contributed by atoms with Crippen molar-refractivity contribution >= 4 is 16.9 Å². The number of ether oxygens (including phenoxy) is 3.